The number of halogens is 2. The van der Waals surface area contributed by atoms with Crippen molar-refractivity contribution in [2.75, 3.05) is 5.32 Å². The molecular weight excluding hydrogens is 322 g/mol. The van der Waals surface area contributed by atoms with E-state index in [9.17, 15) is 13.6 Å². The predicted molar refractivity (Wildman–Crippen MR) is 93.8 cm³/mol. The molecule has 0 atom stereocenters. The number of aromatic nitrogens is 1. The number of fused-ring (bicyclic) bond motifs is 1. The minimum atomic E-state index is -0.939. The molecule has 5 heteroatoms. The second-order valence-electron chi connectivity index (χ2n) is 6.58. The molecule has 1 aromatic heterocycles. The predicted octanol–water partition coefficient (Wildman–Crippen LogP) is 5.36. The van der Waals surface area contributed by atoms with Gasteiger partial charge in [0.1, 0.15) is 0 Å². The van der Waals surface area contributed by atoms with E-state index < -0.39 is 11.6 Å². The third-order valence-electron chi connectivity index (χ3n) is 4.95. The molecule has 1 amide bonds. The van der Waals surface area contributed by atoms with Crippen molar-refractivity contribution in [3.8, 4) is 0 Å². The van der Waals surface area contributed by atoms with Crippen molar-refractivity contribution < 1.29 is 13.6 Å². The summed E-state index contributed by atoms with van der Waals surface area (Å²) in [6.45, 7) is 0. The normalized spacial score (nSPS) is 15.0. The highest BCUT2D eigenvalue weighted by atomic mass is 19.2. The molecule has 0 spiro atoms. The number of H-pyrrole nitrogens is 1. The summed E-state index contributed by atoms with van der Waals surface area (Å²) in [5.41, 5.74) is 2.64. The maximum absolute atomic E-state index is 13.5. The first-order chi connectivity index (χ1) is 12.1. The van der Waals surface area contributed by atoms with E-state index in [1.54, 1.807) is 12.3 Å². The van der Waals surface area contributed by atoms with Gasteiger partial charge in [0.2, 0.25) is 0 Å². The van der Waals surface area contributed by atoms with Crippen molar-refractivity contribution in [1.29, 1.82) is 0 Å². The Balaban J connectivity index is 1.60. The zero-order valence-corrected chi connectivity index (χ0v) is 13.6. The Morgan fingerprint density at radius 1 is 1.08 bits per heavy atom. The average Bonchev–Trinajstić information content (AvgIpc) is 3.27. The van der Waals surface area contributed by atoms with E-state index >= 15 is 0 Å². The molecule has 0 aliphatic heterocycles. The summed E-state index contributed by atoms with van der Waals surface area (Å²) in [6.07, 6.45) is 6.34. The molecule has 3 nitrogen and oxygen atoms in total. The molecule has 1 aliphatic rings. The summed E-state index contributed by atoms with van der Waals surface area (Å²) in [7, 11) is 0. The monoisotopic (exact) mass is 340 g/mol. The molecule has 1 aliphatic carbocycles. The molecule has 128 valence electrons. The summed E-state index contributed by atoms with van der Waals surface area (Å²) in [5, 5.41) is 3.23. The largest absolute Gasteiger partial charge is 0.359 e. The Hall–Kier alpha value is -2.69. The molecule has 2 N–H and O–H groups in total. The zero-order valence-electron chi connectivity index (χ0n) is 13.6. The minimum absolute atomic E-state index is 0.259. The van der Waals surface area contributed by atoms with Crippen molar-refractivity contribution in [2.24, 2.45) is 0 Å². The molecule has 1 fully saturated rings. The summed E-state index contributed by atoms with van der Waals surface area (Å²) in [6, 6.07) is 9.83. The highest BCUT2D eigenvalue weighted by Gasteiger charge is 2.18. The Morgan fingerprint density at radius 3 is 2.64 bits per heavy atom. The standard InChI is InChI=1S/C20H18F2N2O/c21-16-9-15-18(10-17(16)22)23-11-19(15)24-20(25)14-7-3-6-13(8-14)12-4-1-2-5-12/h3,6-12,23H,1-2,4-5H2,(H,24,25). The lowest BCUT2D eigenvalue weighted by Crippen LogP contribution is -2.12. The summed E-state index contributed by atoms with van der Waals surface area (Å²) < 4.78 is 26.8. The Bertz CT molecular complexity index is 942. The van der Waals surface area contributed by atoms with E-state index in [2.05, 4.69) is 16.4 Å². The second-order valence-corrected chi connectivity index (χ2v) is 6.58. The lowest BCUT2D eigenvalue weighted by Gasteiger charge is -2.11. The molecule has 0 saturated heterocycles. The first kappa shape index (κ1) is 15.8. The van der Waals surface area contributed by atoms with Gasteiger partial charge in [0.15, 0.2) is 11.6 Å². The van der Waals surface area contributed by atoms with Crippen LogP contribution in [0.1, 0.15) is 47.5 Å². The van der Waals surface area contributed by atoms with Crippen LogP contribution in [0.25, 0.3) is 10.9 Å². The van der Waals surface area contributed by atoms with E-state index in [1.165, 1.54) is 31.2 Å². The SMILES string of the molecule is O=C(Nc1c[nH]c2cc(F)c(F)cc12)c1cccc(C2CCCC2)c1. The lowest BCUT2D eigenvalue weighted by molar-refractivity contribution is 0.102. The van der Waals surface area contributed by atoms with Gasteiger partial charge in [0.05, 0.1) is 11.2 Å². The first-order valence-electron chi connectivity index (χ1n) is 8.49. The maximum atomic E-state index is 13.5. The van der Waals surface area contributed by atoms with Gasteiger partial charge in [-0.2, -0.15) is 0 Å². The molecule has 1 heterocycles. The molecule has 3 aromatic rings. The third kappa shape index (κ3) is 3.02. The van der Waals surface area contributed by atoms with Crippen LogP contribution in [-0.4, -0.2) is 10.9 Å². The number of hydrogen-bond acceptors (Lipinski definition) is 1. The van der Waals surface area contributed by atoms with E-state index in [1.807, 2.05) is 12.1 Å². The minimum Gasteiger partial charge on any atom is -0.359 e. The van der Waals surface area contributed by atoms with Gasteiger partial charge in [-0.1, -0.05) is 25.0 Å². The van der Waals surface area contributed by atoms with Crippen LogP contribution >= 0.6 is 0 Å². The first-order valence-corrected chi connectivity index (χ1v) is 8.49. The van der Waals surface area contributed by atoms with Gasteiger partial charge in [-0.05, 0) is 42.5 Å². The molecule has 25 heavy (non-hydrogen) atoms. The molecule has 0 radical (unpaired) electrons. The number of rotatable bonds is 3. The molecule has 2 aromatic carbocycles. The molecule has 0 bridgehead atoms. The van der Waals surface area contributed by atoms with Crippen molar-refractivity contribution in [3.05, 3.63) is 65.4 Å². The number of carbonyl (C=O) groups is 1. The fourth-order valence-corrected chi connectivity index (χ4v) is 3.61. The highest BCUT2D eigenvalue weighted by Crippen LogP contribution is 2.34. The Kier molecular flexibility index (Phi) is 3.99. The molecule has 0 unspecified atom stereocenters. The average molecular weight is 340 g/mol. The summed E-state index contributed by atoms with van der Waals surface area (Å²) >= 11 is 0. The highest BCUT2D eigenvalue weighted by molar-refractivity contribution is 6.09. The van der Waals surface area contributed by atoms with Crippen molar-refractivity contribution in [3.63, 3.8) is 0 Å². The van der Waals surface area contributed by atoms with E-state index in [0.717, 1.165) is 12.1 Å². The van der Waals surface area contributed by atoms with Gasteiger partial charge < -0.3 is 10.3 Å². The number of amides is 1. The second kappa shape index (κ2) is 6.31. The Labute approximate surface area is 144 Å². The van der Waals surface area contributed by atoms with Crippen LogP contribution < -0.4 is 5.32 Å². The van der Waals surface area contributed by atoms with Gasteiger partial charge in [0.25, 0.3) is 5.91 Å². The molecule has 1 saturated carbocycles. The summed E-state index contributed by atoms with van der Waals surface area (Å²) in [5.74, 6) is -1.59. The topological polar surface area (TPSA) is 44.9 Å². The van der Waals surface area contributed by atoms with E-state index in [4.69, 9.17) is 0 Å². The fraction of sp³-hybridized carbons (Fsp3) is 0.250. The molecular formula is C20H18F2N2O. The maximum Gasteiger partial charge on any atom is 0.255 e. The van der Waals surface area contributed by atoms with Gasteiger partial charge in [-0.25, -0.2) is 8.78 Å². The quantitative estimate of drug-likeness (QED) is 0.663. The van der Waals surface area contributed by atoms with Gasteiger partial charge >= 0.3 is 0 Å². The number of carbonyl (C=O) groups excluding carboxylic acids is 1. The third-order valence-corrected chi connectivity index (χ3v) is 4.95. The van der Waals surface area contributed by atoms with Gasteiger partial charge in [-0.3, -0.25) is 4.79 Å². The van der Waals surface area contributed by atoms with Crippen LogP contribution in [0, 0.1) is 11.6 Å². The number of hydrogen-bond donors (Lipinski definition) is 2. The smallest absolute Gasteiger partial charge is 0.255 e. The zero-order chi connectivity index (χ0) is 17.4. The van der Waals surface area contributed by atoms with Crippen LogP contribution in [0.3, 0.4) is 0 Å². The van der Waals surface area contributed by atoms with Crippen molar-refractivity contribution >= 4 is 22.5 Å². The Morgan fingerprint density at radius 2 is 1.84 bits per heavy atom. The number of aromatic amines is 1. The van der Waals surface area contributed by atoms with E-state index in [0.29, 0.717) is 28.1 Å². The van der Waals surface area contributed by atoms with Gasteiger partial charge in [-0.15, -0.1) is 0 Å². The van der Waals surface area contributed by atoms with Crippen LogP contribution in [-0.2, 0) is 0 Å². The lowest BCUT2D eigenvalue weighted by atomic mass is 9.96. The van der Waals surface area contributed by atoms with Crippen LogP contribution in [0.5, 0.6) is 0 Å². The number of anilines is 1. The van der Waals surface area contributed by atoms with Crippen LogP contribution in [0.15, 0.2) is 42.6 Å². The molecule has 4 rings (SSSR count). The summed E-state index contributed by atoms with van der Waals surface area (Å²) in [4.78, 5) is 15.4. The van der Waals surface area contributed by atoms with Crippen LogP contribution in [0.4, 0.5) is 14.5 Å². The number of benzene rings is 2. The van der Waals surface area contributed by atoms with Gasteiger partial charge in [0, 0.05) is 23.2 Å². The van der Waals surface area contributed by atoms with E-state index in [-0.39, 0.29) is 5.91 Å². The van der Waals surface area contributed by atoms with Crippen LogP contribution in [0.2, 0.25) is 0 Å². The van der Waals surface area contributed by atoms with Crippen molar-refractivity contribution in [2.45, 2.75) is 31.6 Å². The fourth-order valence-electron chi connectivity index (χ4n) is 3.61. The van der Waals surface area contributed by atoms with Crippen molar-refractivity contribution in [1.82, 2.24) is 4.98 Å². The number of nitrogens with one attached hydrogen (secondary N) is 2.